The summed E-state index contributed by atoms with van der Waals surface area (Å²) in [7, 11) is 1.46. The van der Waals surface area contributed by atoms with E-state index in [-0.39, 0.29) is 75.8 Å². The van der Waals surface area contributed by atoms with Crippen LogP contribution in [-0.2, 0) is 9.47 Å². The number of hydrogen-bond acceptors (Lipinski definition) is 10. The maximum Gasteiger partial charge on any atom is 0.410 e. The monoisotopic (exact) mass is 785 g/mol. The maximum atomic E-state index is 17.8. The number of aromatic nitrogens is 2. The van der Waals surface area contributed by atoms with Crippen molar-refractivity contribution in [3.8, 4) is 35.2 Å². The van der Waals surface area contributed by atoms with Gasteiger partial charge in [0.2, 0.25) is 0 Å². The van der Waals surface area contributed by atoms with Crippen molar-refractivity contribution in [1.82, 2.24) is 19.8 Å². The third kappa shape index (κ3) is 6.99. The average molecular weight is 786 g/mol. The summed E-state index contributed by atoms with van der Waals surface area (Å²) < 4.78 is 70.9. The fraction of sp³-hybridized carbons (Fsp3) is 0.488. The largest absolute Gasteiger partial charge is 0.468 e. The number of amides is 1. The number of carbonyl (C=O) groups excluding carboxylic acids is 2. The molecule has 5 heterocycles. The molecule has 8 rings (SSSR count). The lowest BCUT2D eigenvalue weighted by Crippen LogP contribution is -2.57. The van der Waals surface area contributed by atoms with Gasteiger partial charge in [-0.3, -0.25) is 14.6 Å². The number of Topliss-reactive ketones (excluding diaryl/α,β-unsaturated/α-hetero) is 1. The molecule has 14 heteroatoms. The minimum absolute atomic E-state index is 0.00765. The van der Waals surface area contributed by atoms with E-state index in [9.17, 15) is 14.0 Å². The highest BCUT2D eigenvalue weighted by atomic mass is 19.1. The molecule has 2 bridgehead atoms. The van der Waals surface area contributed by atoms with Crippen LogP contribution in [0, 0.1) is 24.0 Å². The van der Waals surface area contributed by atoms with Crippen LogP contribution in [0.2, 0.25) is 0 Å². The van der Waals surface area contributed by atoms with Crippen molar-refractivity contribution >= 4 is 39.4 Å². The number of ether oxygens (including phenoxy) is 4. The lowest BCUT2D eigenvalue weighted by atomic mass is 9.89. The summed E-state index contributed by atoms with van der Waals surface area (Å²) in [6.45, 7) is 8.57. The molecule has 4 aliphatic heterocycles. The van der Waals surface area contributed by atoms with Crippen molar-refractivity contribution in [2.45, 2.75) is 89.2 Å². The number of hydrogen-bond donors (Lipinski definition) is 0. The van der Waals surface area contributed by atoms with E-state index >= 15 is 8.78 Å². The number of alkyl halides is 1. The normalized spacial score (nSPS) is 23.2. The number of ketones is 1. The van der Waals surface area contributed by atoms with Crippen LogP contribution in [0.4, 0.5) is 23.8 Å². The third-order valence-corrected chi connectivity index (χ3v) is 11.7. The number of piperazine rings is 1. The van der Waals surface area contributed by atoms with Crippen LogP contribution in [0.15, 0.2) is 30.3 Å². The lowest BCUT2D eigenvalue weighted by molar-refractivity contribution is 0.0122. The predicted octanol–water partition coefficient (Wildman–Crippen LogP) is 7.44. The molecule has 1 aromatic heterocycles. The highest BCUT2D eigenvalue weighted by Crippen LogP contribution is 2.45. The van der Waals surface area contributed by atoms with Crippen molar-refractivity contribution in [2.24, 2.45) is 0 Å². The molecule has 0 unspecified atom stereocenters. The Bertz CT molecular complexity index is 2310. The molecule has 0 aliphatic carbocycles. The summed E-state index contributed by atoms with van der Waals surface area (Å²) in [4.78, 5) is 42.4. The minimum Gasteiger partial charge on any atom is -0.468 e. The van der Waals surface area contributed by atoms with Crippen molar-refractivity contribution in [3.63, 3.8) is 0 Å². The van der Waals surface area contributed by atoms with Crippen LogP contribution in [0.3, 0.4) is 0 Å². The summed E-state index contributed by atoms with van der Waals surface area (Å²) in [6.07, 6.45) is 7.88. The molecule has 4 fully saturated rings. The van der Waals surface area contributed by atoms with E-state index in [4.69, 9.17) is 30.4 Å². The fourth-order valence-corrected chi connectivity index (χ4v) is 9.34. The Labute approximate surface area is 329 Å². The van der Waals surface area contributed by atoms with Gasteiger partial charge in [-0.15, -0.1) is 6.42 Å². The van der Waals surface area contributed by atoms with Gasteiger partial charge in [0.25, 0.3) is 0 Å². The van der Waals surface area contributed by atoms with Gasteiger partial charge in [0, 0.05) is 55.1 Å². The van der Waals surface area contributed by atoms with Crippen LogP contribution in [-0.4, -0.2) is 108 Å². The number of fused-ring (bicyclic) bond motifs is 5. The van der Waals surface area contributed by atoms with E-state index < -0.39 is 40.8 Å². The smallest absolute Gasteiger partial charge is 0.410 e. The Morgan fingerprint density at radius 1 is 1.05 bits per heavy atom. The van der Waals surface area contributed by atoms with Gasteiger partial charge in [-0.2, -0.15) is 9.97 Å². The minimum atomic E-state index is -0.986. The molecule has 0 spiro atoms. The van der Waals surface area contributed by atoms with E-state index in [1.54, 1.807) is 17.0 Å². The molecule has 300 valence electrons. The first-order chi connectivity index (χ1) is 27.2. The quantitative estimate of drug-likeness (QED) is 0.0966. The number of halogens is 3. The summed E-state index contributed by atoms with van der Waals surface area (Å²) in [5.74, 6) is 0.989. The van der Waals surface area contributed by atoms with Gasteiger partial charge < -0.3 is 23.8 Å². The molecule has 57 heavy (non-hydrogen) atoms. The fourth-order valence-electron chi connectivity index (χ4n) is 9.34. The second-order valence-electron chi connectivity index (χ2n) is 16.6. The van der Waals surface area contributed by atoms with Crippen molar-refractivity contribution in [2.75, 3.05) is 51.6 Å². The average Bonchev–Trinajstić information content (AvgIpc) is 3.78. The second kappa shape index (κ2) is 14.7. The molecule has 1 amide bonds. The Kier molecular flexibility index (Phi) is 9.97. The first kappa shape index (κ1) is 38.7. The van der Waals surface area contributed by atoms with Crippen LogP contribution in [0.25, 0.3) is 32.8 Å². The maximum absolute atomic E-state index is 17.8. The Hall–Kier alpha value is -5.13. The molecule has 11 nitrogen and oxygen atoms in total. The molecule has 4 saturated heterocycles. The van der Waals surface area contributed by atoms with E-state index in [0.29, 0.717) is 37.3 Å². The number of nitrogens with zero attached hydrogens (tertiary/aromatic N) is 5. The number of carbonyl (C=O) groups is 2. The topological polar surface area (TPSA) is 107 Å². The van der Waals surface area contributed by atoms with Crippen LogP contribution >= 0.6 is 0 Å². The van der Waals surface area contributed by atoms with E-state index in [1.165, 1.54) is 32.2 Å². The summed E-state index contributed by atoms with van der Waals surface area (Å²) in [6, 6.07) is 6.90. The molecule has 3 aromatic carbocycles. The molecule has 0 N–H and O–H groups in total. The number of anilines is 1. The molecule has 4 aliphatic rings. The zero-order valence-corrected chi connectivity index (χ0v) is 32.8. The number of terminal acetylenes is 1. The highest BCUT2D eigenvalue weighted by Gasteiger charge is 2.50. The molecule has 4 atom stereocenters. The molecule has 4 aromatic rings. The number of rotatable bonds is 9. The number of benzene rings is 3. The van der Waals surface area contributed by atoms with Gasteiger partial charge in [0.1, 0.15) is 41.3 Å². The van der Waals surface area contributed by atoms with Gasteiger partial charge in [0.15, 0.2) is 18.4 Å². The van der Waals surface area contributed by atoms with Gasteiger partial charge >= 0.3 is 12.1 Å². The van der Waals surface area contributed by atoms with Gasteiger partial charge in [-0.1, -0.05) is 12.0 Å². The first-order valence-electron chi connectivity index (χ1n) is 19.4. The van der Waals surface area contributed by atoms with Crippen molar-refractivity contribution in [1.29, 1.82) is 0 Å². The highest BCUT2D eigenvalue weighted by molar-refractivity contribution is 6.12. The summed E-state index contributed by atoms with van der Waals surface area (Å²) in [5.41, 5.74) is -1.48. The van der Waals surface area contributed by atoms with Crippen LogP contribution in [0.5, 0.6) is 11.8 Å². The van der Waals surface area contributed by atoms with Gasteiger partial charge in [-0.05, 0) is 95.1 Å². The van der Waals surface area contributed by atoms with E-state index in [2.05, 4.69) is 15.8 Å². The SMILES string of the molecule is C#Cc1c(F)ccc2cc(OCOC)cc(-c3c(C(C)=O)cc4c(N5C[C@H]6CC[C@@H](C5)N6C(=O)OC(C)(C)C)nc(OC[C@@]56CCCN5C[C@H](F)C6)nc4c3F)c12. The molecular weight excluding hydrogens is 739 g/mol. The van der Waals surface area contributed by atoms with E-state index in [1.807, 2.05) is 25.7 Å². The molecule has 0 saturated carbocycles. The van der Waals surface area contributed by atoms with Gasteiger partial charge in [-0.25, -0.2) is 18.0 Å². The zero-order chi connectivity index (χ0) is 40.4. The Morgan fingerprint density at radius 2 is 1.81 bits per heavy atom. The summed E-state index contributed by atoms with van der Waals surface area (Å²) in [5, 5.41) is 0.922. The number of methoxy groups -OCH3 is 1. The lowest BCUT2D eigenvalue weighted by Gasteiger charge is -2.42. The summed E-state index contributed by atoms with van der Waals surface area (Å²) >= 11 is 0. The Balaban J connectivity index is 1.31. The second-order valence-corrected chi connectivity index (χ2v) is 16.6. The standard InChI is InChI=1S/C43H46F3N5O6/c1-7-30-34(45)12-9-25-15-29(56-23-54-6)16-32(35(25)30)36-31(24(2)52)17-33-38(37(36)46)47-40(55-22-43-13-8-14-50(43)19-26(44)18-43)48-39(33)49-20-27-10-11-28(21-49)51(27)41(53)57-42(3,4)5/h1,9,12,15-17,26-28H,8,10-11,13-14,18-23H2,2-6H3/t26-,27-,28+,43+/m1/s1. The first-order valence-corrected chi connectivity index (χ1v) is 19.4. The van der Waals surface area contributed by atoms with Crippen LogP contribution in [0.1, 0.15) is 75.7 Å². The third-order valence-electron chi connectivity index (χ3n) is 11.7. The van der Waals surface area contributed by atoms with Crippen LogP contribution < -0.4 is 14.4 Å². The molecular formula is C43H46F3N5O6. The van der Waals surface area contributed by atoms with Crippen molar-refractivity contribution in [3.05, 3.63) is 53.1 Å². The zero-order valence-electron chi connectivity index (χ0n) is 32.8. The van der Waals surface area contributed by atoms with E-state index in [0.717, 1.165) is 32.2 Å². The predicted molar refractivity (Wildman–Crippen MR) is 208 cm³/mol. The van der Waals surface area contributed by atoms with Gasteiger partial charge in [0.05, 0.1) is 23.2 Å². The van der Waals surface area contributed by atoms with Crippen molar-refractivity contribution < 1.29 is 41.7 Å². The molecule has 0 radical (unpaired) electrons. The Morgan fingerprint density at radius 3 is 2.49 bits per heavy atom.